The summed E-state index contributed by atoms with van der Waals surface area (Å²) in [5, 5.41) is 6.35. The molecular formula is C18H26N2O4. The van der Waals surface area contributed by atoms with Crippen molar-refractivity contribution in [2.45, 2.75) is 19.3 Å². The molecule has 2 aliphatic rings. The van der Waals surface area contributed by atoms with Crippen molar-refractivity contribution >= 4 is 5.91 Å². The molecule has 6 heteroatoms. The van der Waals surface area contributed by atoms with Gasteiger partial charge in [0, 0.05) is 24.1 Å². The second-order valence-electron chi connectivity index (χ2n) is 6.56. The van der Waals surface area contributed by atoms with Crippen molar-refractivity contribution in [1.29, 1.82) is 0 Å². The summed E-state index contributed by atoms with van der Waals surface area (Å²) in [6.07, 6.45) is 3.27. The van der Waals surface area contributed by atoms with E-state index in [2.05, 4.69) is 10.6 Å². The number of hydrogen-bond acceptors (Lipinski definition) is 5. The van der Waals surface area contributed by atoms with E-state index in [-0.39, 0.29) is 17.2 Å². The molecule has 1 aliphatic carbocycles. The third-order valence-corrected chi connectivity index (χ3v) is 5.10. The molecule has 0 radical (unpaired) electrons. The van der Waals surface area contributed by atoms with E-state index >= 15 is 0 Å². The lowest BCUT2D eigenvalue weighted by molar-refractivity contribution is -0.123. The number of benzene rings is 1. The number of amides is 1. The van der Waals surface area contributed by atoms with Crippen molar-refractivity contribution in [1.82, 2.24) is 10.6 Å². The Labute approximate surface area is 142 Å². The summed E-state index contributed by atoms with van der Waals surface area (Å²) < 4.78 is 16.1. The van der Waals surface area contributed by atoms with Gasteiger partial charge in [-0.3, -0.25) is 4.79 Å². The number of nitrogens with one attached hydrogen (secondary N) is 2. The van der Waals surface area contributed by atoms with Gasteiger partial charge in [0.05, 0.1) is 20.8 Å². The molecule has 2 N–H and O–H groups in total. The fourth-order valence-corrected chi connectivity index (χ4v) is 3.53. The quantitative estimate of drug-likeness (QED) is 0.741. The Balaban J connectivity index is 1.42. The maximum absolute atomic E-state index is 12.3. The standard InChI is InChI=1S/C18H26N2O4/c1-22-13-9-14(23-2)11-15(10-13)24-8-7-20-17(21)16-12-18(16)3-5-19-6-4-18/h9-11,16,19H,3-8,12H2,1-2H3,(H,20,21). The summed E-state index contributed by atoms with van der Waals surface area (Å²) in [5.74, 6) is 2.39. The maximum Gasteiger partial charge on any atom is 0.223 e. The van der Waals surface area contributed by atoms with Crippen LogP contribution in [0.5, 0.6) is 17.2 Å². The van der Waals surface area contributed by atoms with Crippen molar-refractivity contribution in [2.24, 2.45) is 11.3 Å². The first kappa shape index (κ1) is 16.9. The molecule has 1 heterocycles. The predicted octanol–water partition coefficient (Wildman–Crippen LogP) is 1.59. The average Bonchev–Trinajstić information content (AvgIpc) is 3.31. The number of rotatable bonds is 7. The fraction of sp³-hybridized carbons (Fsp3) is 0.611. The van der Waals surface area contributed by atoms with Crippen LogP contribution in [-0.4, -0.2) is 46.4 Å². The van der Waals surface area contributed by atoms with E-state index in [0.29, 0.717) is 30.4 Å². The van der Waals surface area contributed by atoms with Gasteiger partial charge in [0.2, 0.25) is 5.91 Å². The Morgan fingerprint density at radius 2 is 1.79 bits per heavy atom. The molecule has 3 rings (SSSR count). The molecule has 1 aromatic carbocycles. The maximum atomic E-state index is 12.3. The van der Waals surface area contributed by atoms with Gasteiger partial charge in [-0.2, -0.15) is 0 Å². The molecule has 0 bridgehead atoms. The minimum absolute atomic E-state index is 0.170. The highest BCUT2D eigenvalue weighted by Crippen LogP contribution is 2.58. The zero-order valence-corrected chi connectivity index (χ0v) is 14.4. The molecule has 24 heavy (non-hydrogen) atoms. The second-order valence-corrected chi connectivity index (χ2v) is 6.56. The van der Waals surface area contributed by atoms with Gasteiger partial charge in [-0.05, 0) is 37.8 Å². The molecule has 6 nitrogen and oxygen atoms in total. The highest BCUT2D eigenvalue weighted by Gasteiger charge is 2.57. The molecule has 1 saturated carbocycles. The average molecular weight is 334 g/mol. The van der Waals surface area contributed by atoms with Crippen molar-refractivity contribution < 1.29 is 19.0 Å². The van der Waals surface area contributed by atoms with Crippen LogP contribution < -0.4 is 24.8 Å². The fourth-order valence-electron chi connectivity index (χ4n) is 3.53. The molecule has 1 atom stereocenters. The van der Waals surface area contributed by atoms with Crippen LogP contribution in [0.15, 0.2) is 18.2 Å². The van der Waals surface area contributed by atoms with E-state index in [1.165, 1.54) is 0 Å². The molecule has 1 saturated heterocycles. The summed E-state index contributed by atoms with van der Waals surface area (Å²) in [7, 11) is 3.20. The Morgan fingerprint density at radius 1 is 1.17 bits per heavy atom. The Bertz CT molecular complexity index is 562. The number of methoxy groups -OCH3 is 2. The molecule has 1 spiro atoms. The number of carbonyl (C=O) groups is 1. The van der Waals surface area contributed by atoms with Gasteiger partial charge in [-0.15, -0.1) is 0 Å². The number of ether oxygens (including phenoxy) is 3. The smallest absolute Gasteiger partial charge is 0.223 e. The van der Waals surface area contributed by atoms with Gasteiger partial charge in [0.1, 0.15) is 23.9 Å². The lowest BCUT2D eigenvalue weighted by Gasteiger charge is -2.23. The van der Waals surface area contributed by atoms with E-state index in [1.807, 2.05) is 0 Å². The third-order valence-electron chi connectivity index (χ3n) is 5.10. The highest BCUT2D eigenvalue weighted by atomic mass is 16.5. The van der Waals surface area contributed by atoms with Crippen LogP contribution >= 0.6 is 0 Å². The van der Waals surface area contributed by atoms with Gasteiger partial charge < -0.3 is 24.8 Å². The highest BCUT2D eigenvalue weighted by molar-refractivity contribution is 5.82. The summed E-state index contributed by atoms with van der Waals surface area (Å²) in [6.45, 7) is 2.99. The minimum atomic E-state index is 0.170. The minimum Gasteiger partial charge on any atom is -0.496 e. The Kier molecular flexibility index (Phi) is 5.14. The lowest BCUT2D eigenvalue weighted by atomic mass is 9.92. The predicted molar refractivity (Wildman–Crippen MR) is 90.7 cm³/mol. The third kappa shape index (κ3) is 3.75. The Hall–Kier alpha value is -1.95. The summed E-state index contributed by atoms with van der Waals surface area (Å²) in [6, 6.07) is 5.39. The van der Waals surface area contributed by atoms with E-state index in [9.17, 15) is 4.79 Å². The SMILES string of the molecule is COc1cc(OC)cc(OCCNC(=O)C2CC23CCNCC3)c1. The van der Waals surface area contributed by atoms with Crippen LogP contribution in [0.4, 0.5) is 0 Å². The van der Waals surface area contributed by atoms with Gasteiger partial charge >= 0.3 is 0 Å². The number of piperidine rings is 1. The molecular weight excluding hydrogens is 308 g/mol. The number of carbonyl (C=O) groups excluding carboxylic acids is 1. The zero-order valence-electron chi connectivity index (χ0n) is 14.4. The van der Waals surface area contributed by atoms with Crippen LogP contribution in [0.25, 0.3) is 0 Å². The van der Waals surface area contributed by atoms with E-state index in [0.717, 1.165) is 32.4 Å². The van der Waals surface area contributed by atoms with Gasteiger partial charge in [-0.1, -0.05) is 0 Å². The van der Waals surface area contributed by atoms with Crippen LogP contribution in [-0.2, 0) is 4.79 Å². The molecule has 1 amide bonds. The molecule has 1 aromatic rings. The molecule has 0 aromatic heterocycles. The number of hydrogen-bond donors (Lipinski definition) is 2. The normalized spacial score (nSPS) is 21.2. The first-order valence-corrected chi connectivity index (χ1v) is 8.51. The van der Waals surface area contributed by atoms with Crippen molar-refractivity contribution in [2.75, 3.05) is 40.5 Å². The van der Waals surface area contributed by atoms with Crippen LogP contribution in [0, 0.1) is 11.3 Å². The molecule has 132 valence electrons. The van der Waals surface area contributed by atoms with Gasteiger partial charge in [0.25, 0.3) is 0 Å². The monoisotopic (exact) mass is 334 g/mol. The lowest BCUT2D eigenvalue weighted by Crippen LogP contribution is -2.35. The molecule has 1 unspecified atom stereocenters. The van der Waals surface area contributed by atoms with Gasteiger partial charge in [0.15, 0.2) is 0 Å². The molecule has 1 aliphatic heterocycles. The van der Waals surface area contributed by atoms with Gasteiger partial charge in [-0.25, -0.2) is 0 Å². The first-order chi connectivity index (χ1) is 11.7. The molecule has 2 fully saturated rings. The van der Waals surface area contributed by atoms with E-state index in [1.54, 1.807) is 32.4 Å². The second kappa shape index (κ2) is 7.30. The van der Waals surface area contributed by atoms with Crippen molar-refractivity contribution in [3.8, 4) is 17.2 Å². The summed E-state index contributed by atoms with van der Waals surface area (Å²) in [5.41, 5.74) is 0.274. The van der Waals surface area contributed by atoms with Crippen LogP contribution in [0.2, 0.25) is 0 Å². The van der Waals surface area contributed by atoms with E-state index in [4.69, 9.17) is 14.2 Å². The first-order valence-electron chi connectivity index (χ1n) is 8.51. The topological polar surface area (TPSA) is 68.8 Å². The Morgan fingerprint density at radius 3 is 2.42 bits per heavy atom. The summed E-state index contributed by atoms with van der Waals surface area (Å²) >= 11 is 0. The van der Waals surface area contributed by atoms with Crippen molar-refractivity contribution in [3.05, 3.63) is 18.2 Å². The van der Waals surface area contributed by atoms with Crippen LogP contribution in [0.3, 0.4) is 0 Å². The van der Waals surface area contributed by atoms with Crippen molar-refractivity contribution in [3.63, 3.8) is 0 Å². The van der Waals surface area contributed by atoms with Crippen LogP contribution in [0.1, 0.15) is 19.3 Å². The van der Waals surface area contributed by atoms with E-state index < -0.39 is 0 Å². The zero-order chi connectivity index (χ0) is 17.0. The largest absolute Gasteiger partial charge is 0.496 e. The summed E-state index contributed by atoms with van der Waals surface area (Å²) in [4.78, 5) is 12.3.